The first-order valence-electron chi connectivity index (χ1n) is 4.77. The number of thioether (sulfide) groups is 1. The van der Waals surface area contributed by atoms with Crippen LogP contribution in [0.15, 0.2) is 41.4 Å². The second kappa shape index (κ2) is 4.45. The number of pyridine rings is 1. The van der Waals surface area contributed by atoms with Gasteiger partial charge in [-0.25, -0.2) is 4.98 Å². The summed E-state index contributed by atoms with van der Waals surface area (Å²) in [7, 11) is 0. The smallest absolute Gasteiger partial charge is 0.133 e. The van der Waals surface area contributed by atoms with E-state index in [0.29, 0.717) is 0 Å². The average molecular weight is 217 g/mol. The molecule has 0 aliphatic rings. The number of rotatable bonds is 3. The van der Waals surface area contributed by atoms with Crippen molar-refractivity contribution in [2.75, 3.05) is 0 Å². The molecule has 0 saturated carbocycles. The van der Waals surface area contributed by atoms with E-state index in [4.69, 9.17) is 0 Å². The summed E-state index contributed by atoms with van der Waals surface area (Å²) in [6.45, 7) is 1.87. The molecule has 1 aromatic heterocycles. The Morgan fingerprint density at radius 1 is 1.27 bits per heavy atom. The third kappa shape index (κ3) is 2.36. The minimum atomic E-state index is -0.0429. The Bertz CT molecular complexity index is 484. The number of aromatic nitrogens is 1. The van der Waals surface area contributed by atoms with E-state index in [1.165, 1.54) is 11.8 Å². The number of hydrogen-bond acceptors (Lipinski definition) is 3. The van der Waals surface area contributed by atoms with Gasteiger partial charge in [-0.15, -0.1) is 0 Å². The van der Waals surface area contributed by atoms with E-state index in [1.807, 2.05) is 43.3 Å². The second-order valence-corrected chi connectivity index (χ2v) is 4.70. The van der Waals surface area contributed by atoms with Gasteiger partial charge in [-0.2, -0.15) is 0 Å². The van der Waals surface area contributed by atoms with E-state index in [1.54, 1.807) is 0 Å². The summed E-state index contributed by atoms with van der Waals surface area (Å²) in [4.78, 5) is 15.0. The van der Waals surface area contributed by atoms with E-state index >= 15 is 0 Å². The highest BCUT2D eigenvalue weighted by Crippen LogP contribution is 2.22. The Labute approximate surface area is 92.7 Å². The van der Waals surface area contributed by atoms with Crippen LogP contribution in [-0.2, 0) is 4.79 Å². The second-order valence-electron chi connectivity index (χ2n) is 3.30. The summed E-state index contributed by atoms with van der Waals surface area (Å²) < 4.78 is 0. The summed E-state index contributed by atoms with van der Waals surface area (Å²) in [5.41, 5.74) is 0.973. The molecule has 3 heteroatoms. The van der Waals surface area contributed by atoms with E-state index in [2.05, 4.69) is 4.98 Å². The standard InChI is InChI=1S/C12H11NOS/c1-9(8-14)15-12-7-6-10-4-2-3-5-11(10)13-12/h2-9H,1H3. The summed E-state index contributed by atoms with van der Waals surface area (Å²) in [5, 5.41) is 1.98. The molecule has 0 radical (unpaired) electrons. The molecule has 2 aromatic rings. The summed E-state index contributed by atoms with van der Waals surface area (Å²) in [5.74, 6) is 0. The lowest BCUT2D eigenvalue weighted by Gasteiger charge is -2.03. The molecule has 0 fully saturated rings. The van der Waals surface area contributed by atoms with Gasteiger partial charge < -0.3 is 4.79 Å². The normalized spacial score (nSPS) is 12.6. The molecule has 2 rings (SSSR count). The Kier molecular flexibility index (Phi) is 3.02. The van der Waals surface area contributed by atoms with Crippen molar-refractivity contribution in [3.05, 3.63) is 36.4 Å². The molecule has 0 saturated heterocycles. The molecule has 1 aromatic carbocycles. The quantitative estimate of drug-likeness (QED) is 0.585. The maximum atomic E-state index is 10.5. The number of nitrogens with zero attached hydrogens (tertiary/aromatic N) is 1. The van der Waals surface area contributed by atoms with Crippen LogP contribution in [0.2, 0.25) is 0 Å². The van der Waals surface area contributed by atoms with E-state index in [9.17, 15) is 4.79 Å². The zero-order valence-corrected chi connectivity index (χ0v) is 9.20. The first-order valence-corrected chi connectivity index (χ1v) is 5.65. The maximum Gasteiger partial charge on any atom is 0.133 e. The minimum absolute atomic E-state index is 0.0429. The largest absolute Gasteiger partial charge is 0.302 e. The van der Waals surface area contributed by atoms with Crippen LogP contribution in [0.4, 0.5) is 0 Å². The van der Waals surface area contributed by atoms with Crippen molar-refractivity contribution in [3.63, 3.8) is 0 Å². The highest BCUT2D eigenvalue weighted by molar-refractivity contribution is 8.00. The van der Waals surface area contributed by atoms with Gasteiger partial charge in [-0.3, -0.25) is 0 Å². The molecule has 1 unspecified atom stereocenters. The Hall–Kier alpha value is -1.35. The summed E-state index contributed by atoms with van der Waals surface area (Å²) >= 11 is 1.48. The van der Waals surface area contributed by atoms with Gasteiger partial charge in [0, 0.05) is 5.39 Å². The third-order valence-corrected chi connectivity index (χ3v) is 3.02. The lowest BCUT2D eigenvalue weighted by atomic mass is 10.2. The van der Waals surface area contributed by atoms with Crippen molar-refractivity contribution in [1.82, 2.24) is 4.98 Å². The van der Waals surface area contributed by atoms with Crippen LogP contribution in [-0.4, -0.2) is 16.5 Å². The predicted octanol–water partition coefficient (Wildman–Crippen LogP) is 2.91. The van der Waals surface area contributed by atoms with Crippen molar-refractivity contribution in [1.29, 1.82) is 0 Å². The van der Waals surface area contributed by atoms with Gasteiger partial charge in [0.2, 0.25) is 0 Å². The fraction of sp³-hybridized carbons (Fsp3) is 0.167. The van der Waals surface area contributed by atoms with Crippen molar-refractivity contribution < 1.29 is 4.79 Å². The van der Waals surface area contributed by atoms with E-state index in [0.717, 1.165) is 22.2 Å². The molecular formula is C12H11NOS. The third-order valence-electron chi connectivity index (χ3n) is 2.07. The zero-order chi connectivity index (χ0) is 10.7. The van der Waals surface area contributed by atoms with Crippen molar-refractivity contribution in [3.8, 4) is 0 Å². The van der Waals surface area contributed by atoms with Crippen LogP contribution in [0.3, 0.4) is 0 Å². The van der Waals surface area contributed by atoms with E-state index in [-0.39, 0.29) is 5.25 Å². The topological polar surface area (TPSA) is 30.0 Å². The van der Waals surface area contributed by atoms with Crippen LogP contribution in [0.5, 0.6) is 0 Å². The van der Waals surface area contributed by atoms with Crippen LogP contribution in [0.1, 0.15) is 6.92 Å². The molecule has 0 N–H and O–H groups in total. The lowest BCUT2D eigenvalue weighted by Crippen LogP contribution is -1.96. The Morgan fingerprint density at radius 2 is 2.07 bits per heavy atom. The lowest BCUT2D eigenvalue weighted by molar-refractivity contribution is -0.107. The van der Waals surface area contributed by atoms with Gasteiger partial charge in [0.25, 0.3) is 0 Å². The molecule has 1 atom stereocenters. The molecular weight excluding hydrogens is 206 g/mol. The van der Waals surface area contributed by atoms with Crippen LogP contribution in [0.25, 0.3) is 10.9 Å². The van der Waals surface area contributed by atoms with Gasteiger partial charge in [0.1, 0.15) is 6.29 Å². The van der Waals surface area contributed by atoms with Gasteiger partial charge in [-0.05, 0) is 19.1 Å². The maximum absolute atomic E-state index is 10.5. The van der Waals surface area contributed by atoms with Gasteiger partial charge in [-0.1, -0.05) is 36.0 Å². The number of fused-ring (bicyclic) bond motifs is 1. The summed E-state index contributed by atoms with van der Waals surface area (Å²) in [6.07, 6.45) is 0.932. The van der Waals surface area contributed by atoms with Gasteiger partial charge in [0.15, 0.2) is 0 Å². The Morgan fingerprint density at radius 3 is 2.87 bits per heavy atom. The van der Waals surface area contributed by atoms with Gasteiger partial charge >= 0.3 is 0 Å². The minimum Gasteiger partial charge on any atom is -0.302 e. The number of para-hydroxylation sites is 1. The molecule has 0 amide bonds. The highest BCUT2D eigenvalue weighted by atomic mass is 32.2. The number of carbonyl (C=O) groups excluding carboxylic acids is 1. The number of benzene rings is 1. The fourth-order valence-electron chi connectivity index (χ4n) is 1.33. The monoisotopic (exact) mass is 217 g/mol. The zero-order valence-electron chi connectivity index (χ0n) is 8.38. The van der Waals surface area contributed by atoms with Crippen molar-refractivity contribution >= 4 is 29.0 Å². The van der Waals surface area contributed by atoms with E-state index < -0.39 is 0 Å². The molecule has 15 heavy (non-hydrogen) atoms. The molecule has 0 aliphatic heterocycles. The van der Waals surface area contributed by atoms with Crippen LogP contribution >= 0.6 is 11.8 Å². The molecule has 76 valence electrons. The van der Waals surface area contributed by atoms with Crippen molar-refractivity contribution in [2.24, 2.45) is 0 Å². The summed E-state index contributed by atoms with van der Waals surface area (Å²) in [6, 6.07) is 11.9. The number of hydrogen-bond donors (Lipinski definition) is 0. The first-order chi connectivity index (χ1) is 7.29. The fourth-order valence-corrected chi connectivity index (χ4v) is 2.07. The predicted molar refractivity (Wildman–Crippen MR) is 63.1 cm³/mol. The molecule has 0 bridgehead atoms. The van der Waals surface area contributed by atoms with Crippen LogP contribution < -0.4 is 0 Å². The SMILES string of the molecule is CC(C=O)Sc1ccc2ccccc2n1. The molecule has 2 nitrogen and oxygen atoms in total. The van der Waals surface area contributed by atoms with Gasteiger partial charge in [0.05, 0.1) is 15.8 Å². The highest BCUT2D eigenvalue weighted by Gasteiger charge is 2.04. The number of carbonyl (C=O) groups is 1. The Balaban J connectivity index is 2.34. The average Bonchev–Trinajstić information content (AvgIpc) is 2.29. The van der Waals surface area contributed by atoms with Crippen LogP contribution in [0, 0.1) is 0 Å². The first kappa shape index (κ1) is 10.2. The number of aldehydes is 1. The molecule has 1 heterocycles. The molecule has 0 aliphatic carbocycles. The molecule has 0 spiro atoms. The van der Waals surface area contributed by atoms with Crippen molar-refractivity contribution in [2.45, 2.75) is 17.2 Å².